The van der Waals surface area contributed by atoms with Gasteiger partial charge in [0.25, 0.3) is 0 Å². The zero-order valence-corrected chi connectivity index (χ0v) is 7.61. The largest absolute Gasteiger partial charge is 0.480 e. The summed E-state index contributed by atoms with van der Waals surface area (Å²) in [7, 11) is 1.46. The third-order valence-corrected chi connectivity index (χ3v) is 1.48. The maximum atomic E-state index is 10.5. The number of hydrogen-bond donors (Lipinski definition) is 0. The molecule has 0 atom stereocenters. The molecule has 1 rings (SSSR count). The molecule has 0 unspecified atom stereocenters. The van der Waals surface area contributed by atoms with Gasteiger partial charge >= 0.3 is 0 Å². The number of ether oxygens (including phenoxy) is 2. The van der Waals surface area contributed by atoms with Crippen molar-refractivity contribution in [3.63, 3.8) is 0 Å². The molecule has 1 aromatic rings. The Morgan fingerprint density at radius 2 is 2.31 bits per heavy atom. The first-order valence-electron chi connectivity index (χ1n) is 3.94. The minimum absolute atomic E-state index is 0.293. The van der Waals surface area contributed by atoms with Gasteiger partial charge in [0, 0.05) is 6.07 Å². The number of carbonyl (C=O) groups excluding carboxylic acids is 1. The maximum Gasteiger partial charge on any atom is 0.227 e. The molecule has 0 saturated carbocycles. The Morgan fingerprint density at radius 3 is 2.85 bits per heavy atom. The van der Waals surface area contributed by atoms with Crippen LogP contribution in [0.5, 0.6) is 11.8 Å². The molecule has 0 amide bonds. The molecule has 1 aromatic heterocycles. The molecule has 0 aliphatic carbocycles. The molecule has 0 N–H and O–H groups in total. The van der Waals surface area contributed by atoms with Crippen LogP contribution in [0.25, 0.3) is 0 Å². The molecule has 70 valence electrons. The zero-order valence-electron chi connectivity index (χ0n) is 7.61. The van der Waals surface area contributed by atoms with Crippen molar-refractivity contribution in [2.75, 3.05) is 13.7 Å². The number of nitrogens with zero attached hydrogens (tertiary/aromatic N) is 1. The normalized spacial score (nSPS) is 9.38. The van der Waals surface area contributed by atoms with Crippen LogP contribution >= 0.6 is 0 Å². The highest BCUT2D eigenvalue weighted by atomic mass is 16.5. The first kappa shape index (κ1) is 9.51. The van der Waals surface area contributed by atoms with Gasteiger partial charge in [-0.25, -0.2) is 0 Å². The van der Waals surface area contributed by atoms with Crippen LogP contribution in [-0.4, -0.2) is 25.0 Å². The summed E-state index contributed by atoms with van der Waals surface area (Å²) in [6.45, 7) is 2.40. The molecular weight excluding hydrogens is 170 g/mol. The van der Waals surface area contributed by atoms with E-state index in [1.54, 1.807) is 12.1 Å². The van der Waals surface area contributed by atoms with Crippen LogP contribution < -0.4 is 9.47 Å². The molecule has 0 saturated heterocycles. The third-order valence-electron chi connectivity index (χ3n) is 1.48. The lowest BCUT2D eigenvalue weighted by atomic mass is 10.3. The van der Waals surface area contributed by atoms with Gasteiger partial charge < -0.3 is 9.47 Å². The average molecular weight is 181 g/mol. The lowest BCUT2D eigenvalue weighted by molar-refractivity contribution is 0.111. The summed E-state index contributed by atoms with van der Waals surface area (Å²) in [4.78, 5) is 14.5. The van der Waals surface area contributed by atoms with Gasteiger partial charge in [-0.15, -0.1) is 0 Å². The van der Waals surface area contributed by atoms with Crippen molar-refractivity contribution in [3.8, 4) is 11.8 Å². The van der Waals surface area contributed by atoms with E-state index >= 15 is 0 Å². The summed E-state index contributed by atoms with van der Waals surface area (Å²) in [6.07, 6.45) is 0.696. The van der Waals surface area contributed by atoms with Gasteiger partial charge in [-0.2, -0.15) is 4.98 Å². The van der Waals surface area contributed by atoms with Crippen molar-refractivity contribution >= 4 is 6.29 Å². The second-order valence-corrected chi connectivity index (χ2v) is 2.30. The van der Waals surface area contributed by atoms with Crippen LogP contribution in [0.3, 0.4) is 0 Å². The van der Waals surface area contributed by atoms with Gasteiger partial charge in [0.1, 0.15) is 0 Å². The van der Waals surface area contributed by atoms with Crippen molar-refractivity contribution < 1.29 is 14.3 Å². The van der Waals surface area contributed by atoms with E-state index in [0.717, 1.165) is 0 Å². The zero-order chi connectivity index (χ0) is 9.68. The van der Waals surface area contributed by atoms with E-state index in [0.29, 0.717) is 30.2 Å². The predicted molar refractivity (Wildman–Crippen MR) is 47.3 cm³/mol. The Kier molecular flexibility index (Phi) is 3.25. The molecule has 0 fully saturated rings. The minimum Gasteiger partial charge on any atom is -0.480 e. The molecule has 0 aliphatic heterocycles. The molecular formula is C9H11NO3. The quantitative estimate of drug-likeness (QED) is 0.657. The molecule has 0 radical (unpaired) electrons. The van der Waals surface area contributed by atoms with Gasteiger partial charge in [-0.3, -0.25) is 4.79 Å². The molecule has 4 nitrogen and oxygen atoms in total. The van der Waals surface area contributed by atoms with Crippen LogP contribution in [0.2, 0.25) is 0 Å². The van der Waals surface area contributed by atoms with Crippen molar-refractivity contribution in [1.82, 2.24) is 4.98 Å². The minimum atomic E-state index is 0.293. The topological polar surface area (TPSA) is 48.4 Å². The summed E-state index contributed by atoms with van der Waals surface area (Å²) in [6, 6.07) is 3.25. The summed E-state index contributed by atoms with van der Waals surface area (Å²) < 4.78 is 10.0. The van der Waals surface area contributed by atoms with Gasteiger partial charge in [-0.1, -0.05) is 0 Å². The highest BCUT2D eigenvalue weighted by Gasteiger charge is 2.04. The molecule has 0 aliphatic rings. The summed E-state index contributed by atoms with van der Waals surface area (Å²) >= 11 is 0. The van der Waals surface area contributed by atoms with Gasteiger partial charge in [-0.05, 0) is 13.0 Å². The van der Waals surface area contributed by atoms with E-state index in [2.05, 4.69) is 4.98 Å². The Balaban J connectivity index is 2.98. The fraction of sp³-hybridized carbons (Fsp3) is 0.333. The van der Waals surface area contributed by atoms with Crippen LogP contribution in [0, 0.1) is 0 Å². The highest BCUT2D eigenvalue weighted by molar-refractivity contribution is 5.78. The van der Waals surface area contributed by atoms with Crippen molar-refractivity contribution in [1.29, 1.82) is 0 Å². The first-order valence-corrected chi connectivity index (χ1v) is 3.94. The molecule has 0 bridgehead atoms. The second kappa shape index (κ2) is 4.45. The Labute approximate surface area is 76.5 Å². The monoisotopic (exact) mass is 181 g/mol. The second-order valence-electron chi connectivity index (χ2n) is 2.30. The van der Waals surface area contributed by atoms with E-state index < -0.39 is 0 Å². The molecule has 4 heteroatoms. The number of rotatable bonds is 4. The Bertz CT molecular complexity index is 299. The van der Waals surface area contributed by atoms with E-state index in [1.807, 2.05) is 6.92 Å². The van der Waals surface area contributed by atoms with Gasteiger partial charge in [0.15, 0.2) is 6.29 Å². The Hall–Kier alpha value is -1.58. The molecule has 0 aromatic carbocycles. The standard InChI is InChI=1S/C9H11NO3/c1-3-13-8-5-4-7(6-11)9(10-8)12-2/h4-6H,3H2,1-2H3. The van der Waals surface area contributed by atoms with Crippen LogP contribution in [0.1, 0.15) is 17.3 Å². The summed E-state index contributed by atoms with van der Waals surface area (Å²) in [5.74, 6) is 0.755. The van der Waals surface area contributed by atoms with Crippen LogP contribution in [0.4, 0.5) is 0 Å². The summed E-state index contributed by atoms with van der Waals surface area (Å²) in [5.41, 5.74) is 0.422. The first-order chi connectivity index (χ1) is 6.31. The molecule has 1 heterocycles. The fourth-order valence-electron chi connectivity index (χ4n) is 0.916. The smallest absolute Gasteiger partial charge is 0.227 e. The number of carbonyl (C=O) groups is 1. The lowest BCUT2D eigenvalue weighted by Crippen LogP contribution is -1.98. The van der Waals surface area contributed by atoms with E-state index in [-0.39, 0.29) is 0 Å². The SMILES string of the molecule is CCOc1ccc(C=O)c(OC)n1. The van der Waals surface area contributed by atoms with Gasteiger partial charge in [0.05, 0.1) is 19.3 Å². The number of methoxy groups -OCH3 is 1. The number of aromatic nitrogens is 1. The highest BCUT2D eigenvalue weighted by Crippen LogP contribution is 2.17. The molecule has 13 heavy (non-hydrogen) atoms. The van der Waals surface area contributed by atoms with E-state index in [9.17, 15) is 4.79 Å². The average Bonchev–Trinajstić information content (AvgIpc) is 2.18. The molecule has 0 spiro atoms. The van der Waals surface area contributed by atoms with Gasteiger partial charge in [0.2, 0.25) is 11.8 Å². The van der Waals surface area contributed by atoms with Crippen LogP contribution in [0.15, 0.2) is 12.1 Å². The number of pyridine rings is 1. The van der Waals surface area contributed by atoms with Crippen LogP contribution in [-0.2, 0) is 0 Å². The fourth-order valence-corrected chi connectivity index (χ4v) is 0.916. The van der Waals surface area contributed by atoms with Crippen molar-refractivity contribution in [2.24, 2.45) is 0 Å². The summed E-state index contributed by atoms with van der Waals surface area (Å²) in [5, 5.41) is 0. The maximum absolute atomic E-state index is 10.5. The Morgan fingerprint density at radius 1 is 1.54 bits per heavy atom. The van der Waals surface area contributed by atoms with Crippen molar-refractivity contribution in [3.05, 3.63) is 17.7 Å². The third kappa shape index (κ3) is 2.18. The predicted octanol–water partition coefficient (Wildman–Crippen LogP) is 1.30. The van der Waals surface area contributed by atoms with E-state index in [4.69, 9.17) is 9.47 Å². The number of hydrogen-bond acceptors (Lipinski definition) is 4. The number of aldehydes is 1. The van der Waals surface area contributed by atoms with E-state index in [1.165, 1.54) is 7.11 Å². The van der Waals surface area contributed by atoms with Crippen molar-refractivity contribution in [2.45, 2.75) is 6.92 Å². The lowest BCUT2D eigenvalue weighted by Gasteiger charge is -2.05.